The number of ether oxygens (including phenoxy) is 1. The predicted octanol–water partition coefficient (Wildman–Crippen LogP) is 2.72. The summed E-state index contributed by atoms with van der Waals surface area (Å²) in [5.41, 5.74) is -1.16. The highest BCUT2D eigenvalue weighted by atomic mass is 32.2. The Morgan fingerprint density at radius 1 is 1.41 bits per heavy atom. The van der Waals surface area contributed by atoms with Gasteiger partial charge in [-0.3, -0.25) is 9.71 Å². The van der Waals surface area contributed by atoms with Crippen LogP contribution in [0.2, 0.25) is 0 Å². The molecule has 1 aromatic rings. The normalized spacial score (nSPS) is 12.6. The smallest absolute Gasteiger partial charge is 0.416 e. The van der Waals surface area contributed by atoms with Gasteiger partial charge >= 0.3 is 6.18 Å². The van der Waals surface area contributed by atoms with Crippen molar-refractivity contribution in [1.29, 1.82) is 0 Å². The quantitative estimate of drug-likeness (QED) is 0.642. The number of sulfonamides is 1. The molecule has 0 saturated carbocycles. The molecule has 0 saturated heterocycles. The average molecular weight is 334 g/mol. The van der Waals surface area contributed by atoms with E-state index in [9.17, 15) is 21.6 Å². The highest BCUT2D eigenvalue weighted by Crippen LogP contribution is 2.34. The minimum absolute atomic E-state index is 0.0468. The second-order valence-electron chi connectivity index (χ2n) is 3.94. The Morgan fingerprint density at radius 2 is 2.05 bits per heavy atom. The number of hydrogen-bond acceptors (Lipinski definition) is 4. The molecule has 0 aliphatic rings. The van der Waals surface area contributed by atoms with E-state index >= 15 is 0 Å². The van der Waals surface area contributed by atoms with Crippen molar-refractivity contribution in [2.24, 2.45) is 4.99 Å². The van der Waals surface area contributed by atoms with E-state index in [0.717, 1.165) is 31.5 Å². The van der Waals surface area contributed by atoms with Crippen molar-refractivity contribution in [1.82, 2.24) is 4.72 Å². The molecule has 0 heterocycles. The van der Waals surface area contributed by atoms with Gasteiger partial charge in [-0.15, -0.1) is 0 Å². The van der Waals surface area contributed by atoms with Gasteiger partial charge in [-0.2, -0.15) is 13.2 Å². The van der Waals surface area contributed by atoms with Crippen molar-refractivity contribution in [3.8, 4) is 5.75 Å². The Kier molecular flexibility index (Phi) is 5.37. The van der Waals surface area contributed by atoms with Crippen LogP contribution in [-0.4, -0.2) is 22.2 Å². The number of rotatable bonds is 6. The fourth-order valence-corrected chi connectivity index (χ4v) is 2.75. The Bertz CT molecular complexity index is 710. The molecule has 1 rings (SSSR count). The number of methoxy groups -OCH3 is 1. The Balaban J connectivity index is 3.42. The van der Waals surface area contributed by atoms with Crippen LogP contribution in [0.1, 0.15) is 5.56 Å². The van der Waals surface area contributed by atoms with Gasteiger partial charge in [-0.1, -0.05) is 6.58 Å². The molecule has 0 atom stereocenters. The second-order valence-corrected chi connectivity index (χ2v) is 5.59. The average Bonchev–Trinajstić information content (AvgIpc) is 2.44. The van der Waals surface area contributed by atoms with Crippen molar-refractivity contribution in [2.45, 2.75) is 11.1 Å². The fraction of sp³-hybridized carbons (Fsp3) is 0.154. The summed E-state index contributed by atoms with van der Waals surface area (Å²) in [6, 6.07) is 2.15. The van der Waals surface area contributed by atoms with E-state index in [1.165, 1.54) is 0 Å². The van der Waals surface area contributed by atoms with Gasteiger partial charge < -0.3 is 4.74 Å². The Hall–Kier alpha value is -2.29. The summed E-state index contributed by atoms with van der Waals surface area (Å²) in [7, 11) is -3.17. The molecule has 0 spiro atoms. The summed E-state index contributed by atoms with van der Waals surface area (Å²) in [5.74, 6) is -0.226. The molecule has 0 amide bonds. The van der Waals surface area contributed by atoms with E-state index in [0.29, 0.717) is 6.07 Å². The Morgan fingerprint density at radius 3 is 2.50 bits per heavy atom. The zero-order chi connectivity index (χ0) is 17.0. The minimum Gasteiger partial charge on any atom is -0.495 e. The van der Waals surface area contributed by atoms with Crippen molar-refractivity contribution in [3.05, 3.63) is 48.3 Å². The summed E-state index contributed by atoms with van der Waals surface area (Å²) in [4.78, 5) is 2.71. The molecule has 1 aromatic carbocycles. The summed E-state index contributed by atoms with van der Waals surface area (Å²) in [6.45, 7) is 6.51. The lowest BCUT2D eigenvalue weighted by Crippen LogP contribution is -2.23. The summed E-state index contributed by atoms with van der Waals surface area (Å²) in [6.07, 6.45) is -2.49. The van der Waals surface area contributed by atoms with Crippen LogP contribution in [0.3, 0.4) is 0 Å². The zero-order valence-electron chi connectivity index (χ0n) is 11.5. The van der Waals surface area contributed by atoms with Crippen LogP contribution < -0.4 is 9.46 Å². The molecule has 0 fully saturated rings. The van der Waals surface area contributed by atoms with Crippen LogP contribution in [0.5, 0.6) is 5.75 Å². The third-order valence-corrected chi connectivity index (χ3v) is 3.89. The van der Waals surface area contributed by atoms with Gasteiger partial charge in [-0.25, -0.2) is 8.42 Å². The number of nitrogens with one attached hydrogen (secondary N) is 1. The summed E-state index contributed by atoms with van der Waals surface area (Å²) in [5, 5.41) is 0. The first-order valence-electron chi connectivity index (χ1n) is 5.72. The third-order valence-electron chi connectivity index (χ3n) is 2.48. The van der Waals surface area contributed by atoms with Crippen LogP contribution in [-0.2, 0) is 16.2 Å². The molecule has 5 nitrogen and oxygen atoms in total. The topological polar surface area (TPSA) is 67.8 Å². The maximum atomic E-state index is 12.7. The third kappa shape index (κ3) is 4.10. The molecule has 22 heavy (non-hydrogen) atoms. The lowest BCUT2D eigenvalue weighted by Gasteiger charge is -2.14. The number of halogens is 3. The fourth-order valence-electron chi connectivity index (χ4n) is 1.49. The molecular weight excluding hydrogens is 321 g/mol. The molecule has 0 aliphatic carbocycles. The standard InChI is InChI=1S/C13H13F3N2O3S/c1-4-10(8-17-2)18-22(19,20)12-7-9(13(14,15)16)5-6-11(12)21-3/h4-8,18H,1-2H2,3H3/b10-8+. The van der Waals surface area contributed by atoms with Crippen LogP contribution in [0.25, 0.3) is 0 Å². The van der Waals surface area contributed by atoms with Crippen molar-refractivity contribution in [2.75, 3.05) is 7.11 Å². The van der Waals surface area contributed by atoms with Gasteiger partial charge in [0.25, 0.3) is 10.0 Å². The van der Waals surface area contributed by atoms with E-state index in [-0.39, 0.29) is 11.4 Å². The number of nitrogens with zero attached hydrogens (tertiary/aromatic N) is 1. The molecule has 0 aliphatic heterocycles. The van der Waals surface area contributed by atoms with Gasteiger partial charge in [0.1, 0.15) is 10.6 Å². The first-order valence-corrected chi connectivity index (χ1v) is 7.20. The molecule has 0 radical (unpaired) electrons. The second kappa shape index (κ2) is 6.65. The first-order chi connectivity index (χ1) is 10.2. The number of allylic oxidation sites excluding steroid dienone is 1. The van der Waals surface area contributed by atoms with E-state index in [2.05, 4.69) is 18.3 Å². The molecular formula is C13H13F3N2O3S. The number of benzene rings is 1. The largest absolute Gasteiger partial charge is 0.495 e. The monoisotopic (exact) mass is 334 g/mol. The van der Waals surface area contributed by atoms with Crippen molar-refractivity contribution < 1.29 is 26.3 Å². The first kappa shape index (κ1) is 17.8. The molecule has 1 N–H and O–H groups in total. The zero-order valence-corrected chi connectivity index (χ0v) is 12.3. The highest BCUT2D eigenvalue weighted by Gasteiger charge is 2.33. The molecule has 0 aromatic heterocycles. The van der Waals surface area contributed by atoms with Crippen LogP contribution in [0, 0.1) is 0 Å². The number of aliphatic imine (C=N–C) groups is 1. The van der Waals surface area contributed by atoms with Crippen LogP contribution >= 0.6 is 0 Å². The maximum absolute atomic E-state index is 12.7. The Labute approximate surface area is 125 Å². The van der Waals surface area contributed by atoms with E-state index in [4.69, 9.17) is 4.74 Å². The van der Waals surface area contributed by atoms with E-state index in [1.807, 2.05) is 4.72 Å². The molecule has 120 valence electrons. The van der Waals surface area contributed by atoms with Gasteiger partial charge in [0.2, 0.25) is 0 Å². The van der Waals surface area contributed by atoms with Crippen molar-refractivity contribution >= 4 is 16.7 Å². The van der Waals surface area contributed by atoms with Crippen LogP contribution in [0.15, 0.2) is 52.6 Å². The predicted molar refractivity (Wildman–Crippen MR) is 76.1 cm³/mol. The summed E-state index contributed by atoms with van der Waals surface area (Å²) < 4.78 is 69.5. The van der Waals surface area contributed by atoms with E-state index in [1.54, 1.807) is 0 Å². The van der Waals surface area contributed by atoms with Crippen LogP contribution in [0.4, 0.5) is 13.2 Å². The summed E-state index contributed by atoms with van der Waals surface area (Å²) >= 11 is 0. The number of hydrogen-bond donors (Lipinski definition) is 1. The van der Waals surface area contributed by atoms with Gasteiger partial charge in [0.15, 0.2) is 0 Å². The lowest BCUT2D eigenvalue weighted by molar-refractivity contribution is -0.137. The lowest BCUT2D eigenvalue weighted by atomic mass is 10.2. The van der Waals surface area contributed by atoms with Gasteiger partial charge in [0.05, 0.1) is 24.6 Å². The van der Waals surface area contributed by atoms with Crippen molar-refractivity contribution in [3.63, 3.8) is 0 Å². The minimum atomic E-state index is -4.68. The van der Waals surface area contributed by atoms with Gasteiger partial charge in [0, 0.05) is 0 Å². The number of alkyl halides is 3. The van der Waals surface area contributed by atoms with Gasteiger partial charge in [-0.05, 0) is 31.0 Å². The highest BCUT2D eigenvalue weighted by molar-refractivity contribution is 7.89. The molecule has 0 unspecified atom stereocenters. The maximum Gasteiger partial charge on any atom is 0.416 e. The van der Waals surface area contributed by atoms with E-state index < -0.39 is 26.7 Å². The molecule has 9 heteroatoms. The molecule has 0 bridgehead atoms. The SMILES string of the molecule is C=C/C(=C\N=C)NS(=O)(=O)c1cc(C(F)(F)F)ccc1OC.